The second kappa shape index (κ2) is 6.30. The summed E-state index contributed by atoms with van der Waals surface area (Å²) in [6.07, 6.45) is -2.81. The van der Waals surface area contributed by atoms with Crippen LogP contribution in [0.25, 0.3) is 0 Å². The van der Waals surface area contributed by atoms with Gasteiger partial charge in [0.1, 0.15) is 5.82 Å². The van der Waals surface area contributed by atoms with Gasteiger partial charge in [-0.3, -0.25) is 9.69 Å². The molecule has 21 heavy (non-hydrogen) atoms. The maximum absolute atomic E-state index is 12.5. The fraction of sp³-hybridized carbons (Fsp3) is 0.538. The van der Waals surface area contributed by atoms with E-state index in [2.05, 4.69) is 4.98 Å². The van der Waals surface area contributed by atoms with Crippen LogP contribution in [0.3, 0.4) is 0 Å². The molecule has 0 unspecified atom stereocenters. The lowest BCUT2D eigenvalue weighted by Crippen LogP contribution is -2.34. The Balaban J connectivity index is 2.00. The average Bonchev–Trinajstić information content (AvgIpc) is 2.63. The predicted molar refractivity (Wildman–Crippen MR) is 70.1 cm³/mol. The van der Waals surface area contributed by atoms with Crippen molar-refractivity contribution in [1.82, 2.24) is 9.88 Å². The largest absolute Gasteiger partial charge is 0.480 e. The van der Waals surface area contributed by atoms with E-state index in [-0.39, 0.29) is 6.54 Å². The second-order valence-electron chi connectivity index (χ2n) is 4.91. The summed E-state index contributed by atoms with van der Waals surface area (Å²) in [5, 5.41) is 8.77. The Morgan fingerprint density at radius 3 is 2.57 bits per heavy atom. The number of pyridine rings is 1. The van der Waals surface area contributed by atoms with Gasteiger partial charge in [-0.05, 0) is 18.6 Å². The Labute approximate surface area is 120 Å². The minimum absolute atomic E-state index is 0.0196. The lowest BCUT2D eigenvalue weighted by atomic mass is 10.2. The van der Waals surface area contributed by atoms with Crippen molar-refractivity contribution in [2.45, 2.75) is 12.6 Å². The molecule has 1 fully saturated rings. The molecule has 0 amide bonds. The first-order valence-corrected chi connectivity index (χ1v) is 6.58. The number of carboxylic acid groups (broad SMARTS) is 1. The summed E-state index contributed by atoms with van der Waals surface area (Å²) in [6, 6.07) is 2.37. The van der Waals surface area contributed by atoms with Crippen molar-refractivity contribution in [3.8, 4) is 0 Å². The lowest BCUT2D eigenvalue weighted by molar-refractivity contribution is -0.138. The lowest BCUT2D eigenvalue weighted by Gasteiger charge is -2.22. The molecule has 116 valence electrons. The van der Waals surface area contributed by atoms with Crippen LogP contribution < -0.4 is 4.90 Å². The standard InChI is InChI=1S/C13H16F3N3O2/c14-13(15,16)10-2-3-11(17-8-10)19-5-1-4-18(6-7-19)9-12(20)21/h2-3,8H,1,4-7,9H2,(H,20,21). The Morgan fingerprint density at radius 1 is 1.24 bits per heavy atom. The van der Waals surface area contributed by atoms with Gasteiger partial charge >= 0.3 is 12.1 Å². The molecule has 0 aliphatic carbocycles. The van der Waals surface area contributed by atoms with Gasteiger partial charge in [0, 0.05) is 32.4 Å². The first kappa shape index (κ1) is 15.6. The van der Waals surface area contributed by atoms with Crippen molar-refractivity contribution in [3.63, 3.8) is 0 Å². The number of aromatic nitrogens is 1. The Hall–Kier alpha value is -1.83. The third-order valence-corrected chi connectivity index (χ3v) is 3.35. The molecule has 1 aliphatic heterocycles. The van der Waals surface area contributed by atoms with Gasteiger partial charge in [-0.15, -0.1) is 0 Å². The molecular formula is C13H16F3N3O2. The van der Waals surface area contributed by atoms with Gasteiger partial charge in [0.2, 0.25) is 0 Å². The molecule has 1 saturated heterocycles. The molecule has 0 spiro atoms. The van der Waals surface area contributed by atoms with E-state index >= 15 is 0 Å². The summed E-state index contributed by atoms with van der Waals surface area (Å²) in [6.45, 7) is 2.38. The summed E-state index contributed by atoms with van der Waals surface area (Å²) in [4.78, 5) is 18.2. The fourth-order valence-corrected chi connectivity index (χ4v) is 2.29. The van der Waals surface area contributed by atoms with E-state index in [9.17, 15) is 18.0 Å². The zero-order chi connectivity index (χ0) is 15.5. The molecule has 8 heteroatoms. The number of rotatable bonds is 3. The molecule has 0 aromatic carbocycles. The minimum Gasteiger partial charge on any atom is -0.480 e. The van der Waals surface area contributed by atoms with Crippen molar-refractivity contribution in [2.24, 2.45) is 0 Å². The molecule has 2 rings (SSSR count). The molecule has 1 aromatic heterocycles. The molecule has 1 aliphatic rings. The van der Waals surface area contributed by atoms with E-state index in [1.54, 1.807) is 0 Å². The first-order valence-electron chi connectivity index (χ1n) is 6.58. The predicted octanol–water partition coefficient (Wildman–Crippen LogP) is 1.70. The molecular weight excluding hydrogens is 287 g/mol. The Kier molecular flexibility index (Phi) is 4.66. The van der Waals surface area contributed by atoms with E-state index in [1.807, 2.05) is 9.80 Å². The highest BCUT2D eigenvalue weighted by atomic mass is 19.4. The fourth-order valence-electron chi connectivity index (χ4n) is 2.29. The highest BCUT2D eigenvalue weighted by Crippen LogP contribution is 2.29. The van der Waals surface area contributed by atoms with Crippen LogP contribution in [-0.2, 0) is 11.0 Å². The zero-order valence-corrected chi connectivity index (χ0v) is 11.3. The summed E-state index contributed by atoms with van der Waals surface area (Å²) >= 11 is 0. The monoisotopic (exact) mass is 303 g/mol. The number of aliphatic carboxylic acids is 1. The van der Waals surface area contributed by atoms with Gasteiger partial charge in [0.15, 0.2) is 0 Å². The smallest absolute Gasteiger partial charge is 0.417 e. The number of carbonyl (C=O) groups is 1. The van der Waals surface area contributed by atoms with Crippen LogP contribution in [0.15, 0.2) is 18.3 Å². The normalized spacial score (nSPS) is 17.6. The second-order valence-corrected chi connectivity index (χ2v) is 4.91. The van der Waals surface area contributed by atoms with E-state index in [1.165, 1.54) is 6.07 Å². The Morgan fingerprint density at radius 2 is 2.00 bits per heavy atom. The molecule has 0 saturated carbocycles. The Bertz CT molecular complexity index is 490. The number of carboxylic acids is 1. The maximum Gasteiger partial charge on any atom is 0.417 e. The van der Waals surface area contributed by atoms with Crippen LogP contribution in [-0.4, -0.2) is 53.7 Å². The molecule has 0 bridgehead atoms. The van der Waals surface area contributed by atoms with Gasteiger partial charge in [0.05, 0.1) is 12.1 Å². The maximum atomic E-state index is 12.5. The third kappa shape index (κ3) is 4.32. The van der Waals surface area contributed by atoms with E-state index in [0.29, 0.717) is 32.0 Å². The van der Waals surface area contributed by atoms with Gasteiger partial charge in [-0.2, -0.15) is 13.2 Å². The molecule has 5 nitrogen and oxygen atoms in total. The number of alkyl halides is 3. The zero-order valence-electron chi connectivity index (χ0n) is 11.3. The van der Waals surface area contributed by atoms with Crippen LogP contribution in [0.1, 0.15) is 12.0 Å². The molecule has 0 atom stereocenters. The quantitative estimate of drug-likeness (QED) is 0.921. The van der Waals surface area contributed by atoms with Gasteiger partial charge in [-0.25, -0.2) is 4.98 Å². The van der Waals surface area contributed by atoms with Crippen molar-refractivity contribution >= 4 is 11.8 Å². The van der Waals surface area contributed by atoms with Crippen molar-refractivity contribution < 1.29 is 23.1 Å². The summed E-state index contributed by atoms with van der Waals surface area (Å²) in [5.74, 6) is -0.392. The minimum atomic E-state index is -4.39. The summed E-state index contributed by atoms with van der Waals surface area (Å²) in [5.41, 5.74) is -0.770. The van der Waals surface area contributed by atoms with Crippen LogP contribution in [0.4, 0.5) is 19.0 Å². The first-order chi connectivity index (χ1) is 9.86. The van der Waals surface area contributed by atoms with Gasteiger partial charge < -0.3 is 10.0 Å². The van der Waals surface area contributed by atoms with Crippen molar-refractivity contribution in [2.75, 3.05) is 37.6 Å². The average molecular weight is 303 g/mol. The molecule has 0 radical (unpaired) electrons. The van der Waals surface area contributed by atoms with Crippen LogP contribution >= 0.6 is 0 Å². The molecule has 1 N–H and O–H groups in total. The van der Waals surface area contributed by atoms with E-state index in [0.717, 1.165) is 18.7 Å². The summed E-state index contributed by atoms with van der Waals surface area (Å²) < 4.78 is 37.5. The van der Waals surface area contributed by atoms with Crippen molar-refractivity contribution in [1.29, 1.82) is 0 Å². The van der Waals surface area contributed by atoms with E-state index < -0.39 is 17.7 Å². The highest BCUT2D eigenvalue weighted by Gasteiger charge is 2.31. The highest BCUT2D eigenvalue weighted by molar-refractivity contribution is 5.69. The summed E-state index contributed by atoms with van der Waals surface area (Å²) in [7, 11) is 0. The number of hydrogen-bond acceptors (Lipinski definition) is 4. The SMILES string of the molecule is O=C(O)CN1CCCN(c2ccc(C(F)(F)F)cn2)CC1. The van der Waals surface area contributed by atoms with Crippen molar-refractivity contribution in [3.05, 3.63) is 23.9 Å². The topological polar surface area (TPSA) is 56.7 Å². The van der Waals surface area contributed by atoms with E-state index in [4.69, 9.17) is 5.11 Å². The molecule has 2 heterocycles. The number of anilines is 1. The number of hydrogen-bond donors (Lipinski definition) is 1. The van der Waals surface area contributed by atoms with Gasteiger partial charge in [0.25, 0.3) is 0 Å². The number of halogens is 3. The molecule has 1 aromatic rings. The third-order valence-electron chi connectivity index (χ3n) is 3.35. The number of nitrogens with zero attached hydrogens (tertiary/aromatic N) is 3. The van der Waals surface area contributed by atoms with Crippen LogP contribution in [0.2, 0.25) is 0 Å². The van der Waals surface area contributed by atoms with Crippen LogP contribution in [0.5, 0.6) is 0 Å². The van der Waals surface area contributed by atoms with Crippen LogP contribution in [0, 0.1) is 0 Å². The van der Waals surface area contributed by atoms with Gasteiger partial charge in [-0.1, -0.05) is 0 Å².